The van der Waals surface area contributed by atoms with E-state index in [2.05, 4.69) is 17.2 Å². The topological polar surface area (TPSA) is 83.5 Å². The lowest BCUT2D eigenvalue weighted by atomic mass is 10.0. The SMILES string of the molecule is Cc1ccc(C#CCO)c(C(=O)NC2CCS(=O)(=O)C2)c1. The van der Waals surface area contributed by atoms with Crippen LogP contribution in [-0.2, 0) is 9.84 Å². The van der Waals surface area contributed by atoms with Crippen molar-refractivity contribution in [2.45, 2.75) is 19.4 Å². The molecule has 2 rings (SSSR count). The molecule has 1 amide bonds. The average molecular weight is 307 g/mol. The van der Waals surface area contributed by atoms with Crippen molar-refractivity contribution in [2.75, 3.05) is 18.1 Å². The Morgan fingerprint density at radius 2 is 2.24 bits per heavy atom. The monoisotopic (exact) mass is 307 g/mol. The molecule has 6 heteroatoms. The summed E-state index contributed by atoms with van der Waals surface area (Å²) in [5.74, 6) is 5.02. The molecule has 1 aliphatic heterocycles. The third-order valence-electron chi connectivity index (χ3n) is 3.29. The molecule has 21 heavy (non-hydrogen) atoms. The molecule has 0 bridgehead atoms. The van der Waals surface area contributed by atoms with E-state index in [1.54, 1.807) is 12.1 Å². The first-order valence-electron chi connectivity index (χ1n) is 6.63. The zero-order chi connectivity index (χ0) is 15.5. The highest BCUT2D eigenvalue weighted by Gasteiger charge is 2.29. The van der Waals surface area contributed by atoms with E-state index in [1.807, 2.05) is 13.0 Å². The summed E-state index contributed by atoms with van der Waals surface area (Å²) < 4.78 is 22.8. The van der Waals surface area contributed by atoms with Gasteiger partial charge in [-0.2, -0.15) is 0 Å². The highest BCUT2D eigenvalue weighted by atomic mass is 32.2. The normalized spacial score (nSPS) is 19.6. The van der Waals surface area contributed by atoms with Crippen molar-refractivity contribution in [1.29, 1.82) is 0 Å². The van der Waals surface area contributed by atoms with Crippen LogP contribution in [0.1, 0.15) is 27.9 Å². The number of aliphatic hydroxyl groups excluding tert-OH is 1. The third-order valence-corrected chi connectivity index (χ3v) is 5.06. The van der Waals surface area contributed by atoms with Crippen molar-refractivity contribution >= 4 is 15.7 Å². The maximum absolute atomic E-state index is 12.3. The molecule has 5 nitrogen and oxygen atoms in total. The fourth-order valence-corrected chi connectivity index (χ4v) is 3.94. The zero-order valence-electron chi connectivity index (χ0n) is 11.7. The Kier molecular flexibility index (Phi) is 4.66. The van der Waals surface area contributed by atoms with Crippen LogP contribution in [0.15, 0.2) is 18.2 Å². The molecule has 1 aliphatic rings. The molecule has 1 unspecified atom stereocenters. The second-order valence-corrected chi connectivity index (χ2v) is 7.31. The molecule has 112 valence electrons. The van der Waals surface area contributed by atoms with Gasteiger partial charge in [-0.05, 0) is 25.5 Å². The molecule has 1 aromatic rings. The Balaban J connectivity index is 2.20. The van der Waals surface area contributed by atoms with E-state index in [-0.39, 0.29) is 30.1 Å². The van der Waals surface area contributed by atoms with Crippen molar-refractivity contribution in [2.24, 2.45) is 0 Å². The Morgan fingerprint density at radius 3 is 2.86 bits per heavy atom. The lowest BCUT2D eigenvalue weighted by Gasteiger charge is -2.12. The van der Waals surface area contributed by atoms with Crippen LogP contribution in [0.4, 0.5) is 0 Å². The number of aliphatic hydroxyl groups is 1. The lowest BCUT2D eigenvalue weighted by Crippen LogP contribution is -2.36. The summed E-state index contributed by atoms with van der Waals surface area (Å²) in [6.45, 7) is 1.58. The molecule has 1 heterocycles. The number of hydrogen-bond donors (Lipinski definition) is 2. The number of sulfone groups is 1. The first-order valence-corrected chi connectivity index (χ1v) is 8.45. The third kappa shape index (κ3) is 4.06. The van der Waals surface area contributed by atoms with Crippen LogP contribution in [0.3, 0.4) is 0 Å². The quantitative estimate of drug-likeness (QED) is 0.768. The number of carbonyl (C=O) groups is 1. The van der Waals surface area contributed by atoms with Gasteiger partial charge in [0.15, 0.2) is 9.84 Å². The number of carbonyl (C=O) groups excluding carboxylic acids is 1. The molecule has 1 atom stereocenters. The fourth-order valence-electron chi connectivity index (χ4n) is 2.26. The highest BCUT2D eigenvalue weighted by Crippen LogP contribution is 2.15. The molecule has 0 saturated carbocycles. The minimum atomic E-state index is -3.03. The Morgan fingerprint density at radius 1 is 1.48 bits per heavy atom. The highest BCUT2D eigenvalue weighted by molar-refractivity contribution is 7.91. The summed E-state index contributed by atoms with van der Waals surface area (Å²) >= 11 is 0. The minimum absolute atomic E-state index is 0.0117. The van der Waals surface area contributed by atoms with E-state index in [1.165, 1.54) is 0 Å². The van der Waals surface area contributed by atoms with Crippen LogP contribution in [0.25, 0.3) is 0 Å². The Bertz CT molecular complexity index is 713. The summed E-state index contributed by atoms with van der Waals surface area (Å²) in [6, 6.07) is 4.91. The minimum Gasteiger partial charge on any atom is -0.384 e. The standard InChI is InChI=1S/C15H17NO4S/c1-11-4-5-12(3-2-7-17)14(9-11)15(18)16-13-6-8-21(19,20)10-13/h4-5,9,13,17H,6-8,10H2,1H3,(H,16,18). The molecule has 1 saturated heterocycles. The second-order valence-electron chi connectivity index (χ2n) is 5.08. The van der Waals surface area contributed by atoms with E-state index in [0.717, 1.165) is 5.56 Å². The van der Waals surface area contributed by atoms with E-state index in [0.29, 0.717) is 17.5 Å². The van der Waals surface area contributed by atoms with Gasteiger partial charge in [0.1, 0.15) is 6.61 Å². The fraction of sp³-hybridized carbons (Fsp3) is 0.400. The van der Waals surface area contributed by atoms with Gasteiger partial charge in [0.05, 0.1) is 17.1 Å². The van der Waals surface area contributed by atoms with E-state index in [9.17, 15) is 13.2 Å². The van der Waals surface area contributed by atoms with Gasteiger partial charge in [-0.1, -0.05) is 23.5 Å². The van der Waals surface area contributed by atoms with Crippen LogP contribution in [-0.4, -0.2) is 43.6 Å². The van der Waals surface area contributed by atoms with E-state index < -0.39 is 9.84 Å². The lowest BCUT2D eigenvalue weighted by molar-refractivity contribution is 0.0941. The van der Waals surface area contributed by atoms with E-state index >= 15 is 0 Å². The number of benzene rings is 1. The maximum Gasteiger partial charge on any atom is 0.252 e. The van der Waals surface area contributed by atoms with Gasteiger partial charge in [0, 0.05) is 11.6 Å². The summed E-state index contributed by atoms with van der Waals surface area (Å²) in [7, 11) is -3.03. The van der Waals surface area contributed by atoms with Crippen LogP contribution in [0.5, 0.6) is 0 Å². The second kappa shape index (κ2) is 6.29. The number of rotatable bonds is 2. The number of aryl methyl sites for hydroxylation is 1. The van der Waals surface area contributed by atoms with Crippen molar-refractivity contribution in [3.8, 4) is 11.8 Å². The van der Waals surface area contributed by atoms with Crippen LogP contribution in [0.2, 0.25) is 0 Å². The first-order chi connectivity index (χ1) is 9.91. The molecule has 1 fully saturated rings. The van der Waals surface area contributed by atoms with E-state index in [4.69, 9.17) is 5.11 Å². The van der Waals surface area contributed by atoms with Gasteiger partial charge in [-0.15, -0.1) is 0 Å². The van der Waals surface area contributed by atoms with Crippen molar-refractivity contribution in [1.82, 2.24) is 5.32 Å². The average Bonchev–Trinajstić information content (AvgIpc) is 2.76. The first kappa shape index (κ1) is 15.5. The smallest absolute Gasteiger partial charge is 0.252 e. The van der Waals surface area contributed by atoms with Crippen molar-refractivity contribution in [3.05, 3.63) is 34.9 Å². The van der Waals surface area contributed by atoms with Gasteiger partial charge in [0.2, 0.25) is 0 Å². The molecule has 0 aromatic heterocycles. The summed E-state index contributed by atoms with van der Waals surface area (Å²) in [4.78, 5) is 12.3. The predicted molar refractivity (Wildman–Crippen MR) is 79.7 cm³/mol. The van der Waals surface area contributed by atoms with Crippen molar-refractivity contribution < 1.29 is 18.3 Å². The van der Waals surface area contributed by atoms with Crippen LogP contribution in [0, 0.1) is 18.8 Å². The van der Waals surface area contributed by atoms with Crippen LogP contribution >= 0.6 is 0 Å². The van der Waals surface area contributed by atoms with Gasteiger partial charge < -0.3 is 10.4 Å². The molecule has 0 spiro atoms. The molecular formula is C15H17NO4S. The predicted octanol–water partition coefficient (Wildman–Crippen LogP) is 0.256. The number of nitrogens with one attached hydrogen (secondary N) is 1. The maximum atomic E-state index is 12.3. The number of hydrogen-bond acceptors (Lipinski definition) is 4. The summed E-state index contributed by atoms with van der Waals surface area (Å²) in [6.07, 6.45) is 0.442. The largest absolute Gasteiger partial charge is 0.384 e. The Labute approximate surface area is 124 Å². The van der Waals surface area contributed by atoms with Gasteiger partial charge in [-0.25, -0.2) is 8.42 Å². The molecule has 0 radical (unpaired) electrons. The van der Waals surface area contributed by atoms with Crippen LogP contribution < -0.4 is 5.32 Å². The Hall–Kier alpha value is -1.84. The molecule has 1 aromatic carbocycles. The molecule has 0 aliphatic carbocycles. The summed E-state index contributed by atoms with van der Waals surface area (Å²) in [5.41, 5.74) is 1.84. The van der Waals surface area contributed by atoms with Gasteiger partial charge >= 0.3 is 0 Å². The molecule has 2 N–H and O–H groups in total. The number of amides is 1. The zero-order valence-corrected chi connectivity index (χ0v) is 12.5. The van der Waals surface area contributed by atoms with Gasteiger partial charge in [-0.3, -0.25) is 4.79 Å². The van der Waals surface area contributed by atoms with Crippen molar-refractivity contribution in [3.63, 3.8) is 0 Å². The van der Waals surface area contributed by atoms with Gasteiger partial charge in [0.25, 0.3) is 5.91 Å². The molecular weight excluding hydrogens is 290 g/mol. The summed E-state index contributed by atoms with van der Waals surface area (Å²) in [5, 5.41) is 11.5.